The lowest BCUT2D eigenvalue weighted by Gasteiger charge is -2.54. The Bertz CT molecular complexity index is 614. The highest BCUT2D eigenvalue weighted by Crippen LogP contribution is 2.57. The molecule has 0 spiro atoms. The van der Waals surface area contributed by atoms with Gasteiger partial charge in [-0.05, 0) is 71.6 Å². The van der Waals surface area contributed by atoms with Crippen molar-refractivity contribution in [2.45, 2.75) is 71.6 Å². The second-order valence-electron chi connectivity index (χ2n) is 8.13. The molecule has 1 aromatic rings. The van der Waals surface area contributed by atoms with Gasteiger partial charge in [-0.15, -0.1) is 0 Å². The van der Waals surface area contributed by atoms with Crippen molar-refractivity contribution in [2.75, 3.05) is 0 Å². The molecule has 0 bridgehead atoms. The molecule has 3 rings (SSSR count). The molecule has 2 heteroatoms. The zero-order chi connectivity index (χ0) is 16.1. The third-order valence-electron chi connectivity index (χ3n) is 6.54. The Morgan fingerprint density at radius 1 is 1.27 bits per heavy atom. The van der Waals surface area contributed by atoms with E-state index in [0.29, 0.717) is 16.9 Å². The van der Waals surface area contributed by atoms with E-state index in [2.05, 4.69) is 33.8 Å². The first kappa shape index (κ1) is 15.6. The Labute approximate surface area is 133 Å². The fraction of sp³-hybridized carbons (Fsp3) is 0.650. The van der Waals surface area contributed by atoms with Crippen molar-refractivity contribution in [1.82, 2.24) is 0 Å². The van der Waals surface area contributed by atoms with Gasteiger partial charge in [-0.25, -0.2) is 4.79 Å². The molecule has 0 amide bonds. The molecule has 1 N–H and O–H groups in total. The Morgan fingerprint density at radius 2 is 2.00 bits per heavy atom. The van der Waals surface area contributed by atoms with Crippen LogP contribution in [0.4, 0.5) is 0 Å². The lowest BCUT2D eigenvalue weighted by atomic mass is 9.50. The minimum absolute atomic E-state index is 0.219. The van der Waals surface area contributed by atoms with Gasteiger partial charge in [-0.2, -0.15) is 0 Å². The van der Waals surface area contributed by atoms with Gasteiger partial charge in [0.1, 0.15) is 0 Å². The molecule has 22 heavy (non-hydrogen) atoms. The average Bonchev–Trinajstić information content (AvgIpc) is 2.44. The summed E-state index contributed by atoms with van der Waals surface area (Å²) in [7, 11) is 0. The summed E-state index contributed by atoms with van der Waals surface area (Å²) in [4.78, 5) is 11.5. The summed E-state index contributed by atoms with van der Waals surface area (Å²) in [5, 5.41) is 9.48. The van der Waals surface area contributed by atoms with Crippen molar-refractivity contribution in [2.24, 2.45) is 11.3 Å². The summed E-state index contributed by atoms with van der Waals surface area (Å²) < 4.78 is 0. The van der Waals surface area contributed by atoms with E-state index in [1.165, 1.54) is 36.8 Å². The van der Waals surface area contributed by atoms with Crippen molar-refractivity contribution in [3.05, 3.63) is 34.4 Å². The second-order valence-corrected chi connectivity index (χ2v) is 8.13. The number of hydrogen-bond acceptors (Lipinski definition) is 1. The molecule has 1 saturated carbocycles. The predicted octanol–water partition coefficient (Wildman–Crippen LogP) is 4.98. The van der Waals surface area contributed by atoms with Crippen LogP contribution in [0.1, 0.15) is 80.4 Å². The fourth-order valence-corrected chi connectivity index (χ4v) is 5.56. The topological polar surface area (TPSA) is 37.3 Å². The van der Waals surface area contributed by atoms with Gasteiger partial charge in [0.2, 0.25) is 0 Å². The van der Waals surface area contributed by atoms with E-state index in [-0.39, 0.29) is 5.41 Å². The van der Waals surface area contributed by atoms with Crippen LogP contribution in [0.15, 0.2) is 12.1 Å². The van der Waals surface area contributed by atoms with Crippen LogP contribution in [0, 0.1) is 11.3 Å². The number of rotatable bonds is 2. The van der Waals surface area contributed by atoms with Crippen LogP contribution < -0.4 is 0 Å². The summed E-state index contributed by atoms with van der Waals surface area (Å²) in [6, 6.07) is 3.99. The maximum absolute atomic E-state index is 11.5. The monoisotopic (exact) mass is 300 g/mol. The molecule has 2 aliphatic carbocycles. The minimum Gasteiger partial charge on any atom is -0.478 e. The summed E-state index contributed by atoms with van der Waals surface area (Å²) in [6.45, 7) is 9.36. The first-order valence-electron chi connectivity index (χ1n) is 8.70. The zero-order valence-electron chi connectivity index (χ0n) is 14.3. The maximum atomic E-state index is 11.5. The van der Waals surface area contributed by atoms with Gasteiger partial charge < -0.3 is 5.11 Å². The molecule has 2 nitrogen and oxygen atoms in total. The van der Waals surface area contributed by atoms with Crippen LogP contribution in [0.25, 0.3) is 0 Å². The van der Waals surface area contributed by atoms with Crippen LogP contribution in [-0.4, -0.2) is 11.1 Å². The quantitative estimate of drug-likeness (QED) is 0.836. The third-order valence-corrected chi connectivity index (χ3v) is 6.54. The maximum Gasteiger partial charge on any atom is 0.335 e. The standard InChI is InChI=1S/C20H28O2/c1-5-13-14-8-10-17-19(2,3)11-6-12-20(17,4)16(14)9-7-15(13)18(21)22/h7,9,17H,5-6,8,10-12H2,1-4H3,(H,21,22)/t17-,20-/m0/s1. The highest BCUT2D eigenvalue weighted by atomic mass is 16.4. The van der Waals surface area contributed by atoms with Crippen molar-refractivity contribution < 1.29 is 9.90 Å². The largest absolute Gasteiger partial charge is 0.478 e. The lowest BCUT2D eigenvalue weighted by Crippen LogP contribution is -2.48. The number of aromatic carboxylic acids is 1. The summed E-state index contributed by atoms with van der Waals surface area (Å²) in [5.74, 6) is -0.0717. The van der Waals surface area contributed by atoms with Gasteiger partial charge in [0.15, 0.2) is 0 Å². The molecule has 0 aromatic heterocycles. The molecule has 120 valence electrons. The van der Waals surface area contributed by atoms with E-state index < -0.39 is 5.97 Å². The summed E-state index contributed by atoms with van der Waals surface area (Å²) >= 11 is 0. The molecule has 0 saturated heterocycles. The molecule has 2 atom stereocenters. The zero-order valence-corrected chi connectivity index (χ0v) is 14.3. The Balaban J connectivity index is 2.17. The SMILES string of the molecule is CCc1c(C(=O)O)ccc2c1CC[C@H]1C(C)(C)CCC[C@@]21C. The Hall–Kier alpha value is -1.31. The normalized spacial score (nSPS) is 29.5. The molecular weight excluding hydrogens is 272 g/mol. The van der Waals surface area contributed by atoms with Gasteiger partial charge in [-0.1, -0.05) is 40.2 Å². The molecule has 1 aromatic carbocycles. The number of carboxylic acid groups (broad SMARTS) is 1. The molecule has 1 fully saturated rings. The third kappa shape index (κ3) is 2.11. The minimum atomic E-state index is -0.782. The summed E-state index contributed by atoms with van der Waals surface area (Å²) in [6.07, 6.45) is 6.90. The fourth-order valence-electron chi connectivity index (χ4n) is 5.56. The van der Waals surface area contributed by atoms with Crippen LogP contribution in [0.3, 0.4) is 0 Å². The number of hydrogen-bond donors (Lipinski definition) is 1. The molecule has 0 heterocycles. The van der Waals surface area contributed by atoms with Gasteiger partial charge in [0, 0.05) is 0 Å². The Kier molecular flexibility index (Phi) is 3.62. The van der Waals surface area contributed by atoms with Crippen LogP contribution in [-0.2, 0) is 18.3 Å². The molecule has 0 unspecified atom stereocenters. The first-order chi connectivity index (χ1) is 10.3. The first-order valence-corrected chi connectivity index (χ1v) is 8.70. The average molecular weight is 300 g/mol. The van der Waals surface area contributed by atoms with E-state index in [1.54, 1.807) is 0 Å². The molecule has 2 aliphatic rings. The predicted molar refractivity (Wildman–Crippen MR) is 89.6 cm³/mol. The smallest absolute Gasteiger partial charge is 0.335 e. The van der Waals surface area contributed by atoms with E-state index in [1.807, 2.05) is 6.07 Å². The molecule has 0 radical (unpaired) electrons. The van der Waals surface area contributed by atoms with Crippen molar-refractivity contribution in [3.63, 3.8) is 0 Å². The van der Waals surface area contributed by atoms with Crippen LogP contribution in [0.2, 0.25) is 0 Å². The van der Waals surface area contributed by atoms with Crippen LogP contribution in [0.5, 0.6) is 0 Å². The van der Waals surface area contributed by atoms with Crippen LogP contribution >= 0.6 is 0 Å². The van der Waals surface area contributed by atoms with E-state index in [4.69, 9.17) is 0 Å². The van der Waals surface area contributed by atoms with Crippen molar-refractivity contribution in [1.29, 1.82) is 0 Å². The summed E-state index contributed by atoms with van der Waals surface area (Å²) in [5.41, 5.74) is 4.99. The van der Waals surface area contributed by atoms with Gasteiger partial charge in [-0.3, -0.25) is 0 Å². The number of fused-ring (bicyclic) bond motifs is 3. The molecular formula is C20H28O2. The van der Waals surface area contributed by atoms with E-state index >= 15 is 0 Å². The lowest BCUT2D eigenvalue weighted by molar-refractivity contribution is 0.0404. The highest BCUT2D eigenvalue weighted by molar-refractivity contribution is 5.90. The number of carbonyl (C=O) groups is 1. The van der Waals surface area contributed by atoms with Gasteiger partial charge in [0.05, 0.1) is 5.56 Å². The highest BCUT2D eigenvalue weighted by Gasteiger charge is 2.50. The van der Waals surface area contributed by atoms with Gasteiger partial charge in [0.25, 0.3) is 0 Å². The Morgan fingerprint density at radius 3 is 2.64 bits per heavy atom. The molecule has 0 aliphatic heterocycles. The van der Waals surface area contributed by atoms with E-state index in [9.17, 15) is 9.90 Å². The van der Waals surface area contributed by atoms with Crippen molar-refractivity contribution in [3.8, 4) is 0 Å². The van der Waals surface area contributed by atoms with E-state index in [0.717, 1.165) is 18.4 Å². The number of benzene rings is 1. The van der Waals surface area contributed by atoms with Crippen molar-refractivity contribution >= 4 is 5.97 Å². The van der Waals surface area contributed by atoms with Gasteiger partial charge >= 0.3 is 5.97 Å². The second kappa shape index (κ2) is 5.11. The number of carboxylic acids is 1.